The summed E-state index contributed by atoms with van der Waals surface area (Å²) < 4.78 is 5.03. The maximum Gasteiger partial charge on any atom is 0.328 e. The van der Waals surface area contributed by atoms with Crippen molar-refractivity contribution in [1.82, 2.24) is 5.32 Å². The zero-order valence-electron chi connectivity index (χ0n) is 9.20. The molecule has 90 valence electrons. The number of urea groups is 1. The number of anilines is 1. The van der Waals surface area contributed by atoms with Crippen LogP contribution >= 0.6 is 11.6 Å². The lowest BCUT2D eigenvalue weighted by Gasteiger charge is -2.26. The highest BCUT2D eigenvalue weighted by atomic mass is 35.5. The standard InChI is InChI=1S/C11H11ClN2O3/c1-17-9-3-2-7(6-8(9)12)14-5-4-10(15)13-11(14)16/h2-3,6H,4-5H2,1H3,(H,13,15,16). The molecule has 1 aromatic carbocycles. The second-order valence-corrected chi connectivity index (χ2v) is 3.98. The van der Waals surface area contributed by atoms with Crippen LogP contribution in [0.3, 0.4) is 0 Å². The van der Waals surface area contributed by atoms with Gasteiger partial charge in [-0.2, -0.15) is 0 Å². The van der Waals surface area contributed by atoms with Gasteiger partial charge in [-0.15, -0.1) is 0 Å². The van der Waals surface area contributed by atoms with Gasteiger partial charge in [-0.05, 0) is 18.2 Å². The van der Waals surface area contributed by atoms with Crippen molar-refractivity contribution in [2.75, 3.05) is 18.6 Å². The largest absolute Gasteiger partial charge is 0.495 e. The third-order valence-electron chi connectivity index (χ3n) is 2.50. The molecule has 1 aliphatic rings. The second-order valence-electron chi connectivity index (χ2n) is 3.57. The fourth-order valence-corrected chi connectivity index (χ4v) is 1.89. The molecule has 0 unspecified atom stereocenters. The Morgan fingerprint density at radius 3 is 2.76 bits per heavy atom. The van der Waals surface area contributed by atoms with Crippen molar-refractivity contribution in [3.05, 3.63) is 23.2 Å². The summed E-state index contributed by atoms with van der Waals surface area (Å²) in [5, 5.41) is 2.68. The zero-order valence-corrected chi connectivity index (χ0v) is 9.95. The molecule has 0 saturated carbocycles. The quantitative estimate of drug-likeness (QED) is 0.875. The summed E-state index contributed by atoms with van der Waals surface area (Å²) >= 11 is 5.97. The molecule has 0 radical (unpaired) electrons. The van der Waals surface area contributed by atoms with E-state index < -0.39 is 6.03 Å². The molecule has 0 spiro atoms. The van der Waals surface area contributed by atoms with E-state index >= 15 is 0 Å². The molecular formula is C11H11ClN2O3. The Morgan fingerprint density at radius 1 is 1.41 bits per heavy atom. The molecule has 1 saturated heterocycles. The molecule has 5 nitrogen and oxygen atoms in total. The Hall–Kier alpha value is -1.75. The van der Waals surface area contributed by atoms with Crippen LogP contribution in [0.4, 0.5) is 10.5 Å². The first kappa shape index (κ1) is 11.7. The number of amides is 3. The average Bonchev–Trinajstić information content (AvgIpc) is 2.29. The summed E-state index contributed by atoms with van der Waals surface area (Å²) in [6, 6.07) is 4.61. The van der Waals surface area contributed by atoms with Gasteiger partial charge >= 0.3 is 6.03 Å². The number of methoxy groups -OCH3 is 1. The molecule has 6 heteroatoms. The molecule has 0 aromatic heterocycles. The minimum Gasteiger partial charge on any atom is -0.495 e. The van der Waals surface area contributed by atoms with Gasteiger partial charge in [-0.25, -0.2) is 4.79 Å². The van der Waals surface area contributed by atoms with Crippen molar-refractivity contribution in [3.8, 4) is 5.75 Å². The maximum atomic E-state index is 11.6. The highest BCUT2D eigenvalue weighted by molar-refractivity contribution is 6.32. The van der Waals surface area contributed by atoms with Gasteiger partial charge in [0.2, 0.25) is 5.91 Å². The van der Waals surface area contributed by atoms with E-state index in [4.69, 9.17) is 16.3 Å². The summed E-state index contributed by atoms with van der Waals surface area (Å²) in [6.07, 6.45) is 0.287. The molecule has 0 atom stereocenters. The van der Waals surface area contributed by atoms with Gasteiger partial charge in [-0.3, -0.25) is 15.0 Å². The first-order chi connectivity index (χ1) is 8.11. The predicted octanol–water partition coefficient (Wildman–Crippen LogP) is 1.79. The molecular weight excluding hydrogens is 244 g/mol. The normalized spacial score (nSPS) is 15.8. The maximum absolute atomic E-state index is 11.6. The number of benzene rings is 1. The van der Waals surface area contributed by atoms with Crippen molar-refractivity contribution in [2.45, 2.75) is 6.42 Å². The Bertz CT molecular complexity index is 476. The topological polar surface area (TPSA) is 58.6 Å². The van der Waals surface area contributed by atoms with Crippen molar-refractivity contribution in [2.24, 2.45) is 0 Å². The van der Waals surface area contributed by atoms with Crippen molar-refractivity contribution < 1.29 is 14.3 Å². The van der Waals surface area contributed by atoms with Gasteiger partial charge < -0.3 is 4.74 Å². The van der Waals surface area contributed by atoms with E-state index in [-0.39, 0.29) is 12.3 Å². The lowest BCUT2D eigenvalue weighted by Crippen LogP contribution is -2.49. The summed E-state index contributed by atoms with van der Waals surface area (Å²) in [5.74, 6) is 0.287. The number of rotatable bonds is 2. The van der Waals surface area contributed by atoms with E-state index in [2.05, 4.69) is 5.32 Å². The third kappa shape index (κ3) is 2.34. The highest BCUT2D eigenvalue weighted by Gasteiger charge is 2.24. The van der Waals surface area contributed by atoms with Crippen LogP contribution in [0.25, 0.3) is 0 Å². The molecule has 17 heavy (non-hydrogen) atoms. The Kier molecular flexibility index (Phi) is 3.19. The number of carbonyl (C=O) groups excluding carboxylic acids is 2. The van der Waals surface area contributed by atoms with E-state index in [1.807, 2.05) is 0 Å². The van der Waals surface area contributed by atoms with Gasteiger partial charge in [-0.1, -0.05) is 11.6 Å². The van der Waals surface area contributed by atoms with Crippen LogP contribution in [-0.4, -0.2) is 25.6 Å². The molecule has 2 rings (SSSR count). The monoisotopic (exact) mass is 254 g/mol. The fraction of sp³-hybridized carbons (Fsp3) is 0.273. The van der Waals surface area contributed by atoms with Gasteiger partial charge in [0.1, 0.15) is 5.75 Å². The summed E-state index contributed by atoms with van der Waals surface area (Å²) in [5.41, 5.74) is 0.640. The number of hydrogen-bond acceptors (Lipinski definition) is 3. The van der Waals surface area contributed by atoms with Gasteiger partial charge in [0.25, 0.3) is 0 Å². The van der Waals surface area contributed by atoms with Crippen LogP contribution in [0.1, 0.15) is 6.42 Å². The Balaban J connectivity index is 2.25. The predicted molar refractivity (Wildman–Crippen MR) is 63.5 cm³/mol. The first-order valence-corrected chi connectivity index (χ1v) is 5.44. The smallest absolute Gasteiger partial charge is 0.328 e. The van der Waals surface area contributed by atoms with Crippen molar-refractivity contribution in [3.63, 3.8) is 0 Å². The van der Waals surface area contributed by atoms with E-state index in [0.717, 1.165) is 0 Å². The van der Waals surface area contributed by atoms with Gasteiger partial charge in [0, 0.05) is 18.7 Å². The molecule has 1 N–H and O–H groups in total. The van der Waals surface area contributed by atoms with Crippen LogP contribution in [0, 0.1) is 0 Å². The minimum atomic E-state index is -0.428. The van der Waals surface area contributed by atoms with Crippen molar-refractivity contribution >= 4 is 29.2 Å². The molecule has 0 bridgehead atoms. The van der Waals surface area contributed by atoms with Crippen LogP contribution in [0.15, 0.2) is 18.2 Å². The van der Waals surface area contributed by atoms with E-state index in [9.17, 15) is 9.59 Å². The number of hydrogen-bond donors (Lipinski definition) is 1. The minimum absolute atomic E-state index is 0.258. The molecule has 1 heterocycles. The highest BCUT2D eigenvalue weighted by Crippen LogP contribution is 2.29. The lowest BCUT2D eigenvalue weighted by atomic mass is 10.2. The molecule has 3 amide bonds. The van der Waals surface area contributed by atoms with Gasteiger partial charge in [0.05, 0.1) is 12.1 Å². The molecule has 0 aliphatic carbocycles. The second kappa shape index (κ2) is 4.63. The number of halogens is 1. The number of carbonyl (C=O) groups is 2. The number of nitrogens with one attached hydrogen (secondary N) is 1. The van der Waals surface area contributed by atoms with Crippen LogP contribution in [0.5, 0.6) is 5.75 Å². The van der Waals surface area contributed by atoms with E-state index in [1.54, 1.807) is 18.2 Å². The van der Waals surface area contributed by atoms with E-state index in [1.165, 1.54) is 12.0 Å². The first-order valence-electron chi connectivity index (χ1n) is 5.06. The van der Waals surface area contributed by atoms with Crippen molar-refractivity contribution in [1.29, 1.82) is 0 Å². The molecule has 1 aromatic rings. The number of imide groups is 1. The zero-order chi connectivity index (χ0) is 12.4. The van der Waals surface area contributed by atoms with Crippen LogP contribution < -0.4 is 15.0 Å². The number of nitrogens with zero attached hydrogens (tertiary/aromatic N) is 1. The third-order valence-corrected chi connectivity index (χ3v) is 2.80. The number of ether oxygens (including phenoxy) is 1. The molecule has 1 aliphatic heterocycles. The lowest BCUT2D eigenvalue weighted by molar-refractivity contribution is -0.120. The summed E-state index contributed by atoms with van der Waals surface area (Å²) in [4.78, 5) is 24.1. The summed E-state index contributed by atoms with van der Waals surface area (Å²) in [6.45, 7) is 0.354. The average molecular weight is 255 g/mol. The van der Waals surface area contributed by atoms with Crippen LogP contribution in [0.2, 0.25) is 5.02 Å². The van der Waals surface area contributed by atoms with Crippen LogP contribution in [-0.2, 0) is 4.79 Å². The summed E-state index contributed by atoms with van der Waals surface area (Å²) in [7, 11) is 1.52. The Morgan fingerprint density at radius 2 is 2.18 bits per heavy atom. The molecule has 1 fully saturated rings. The fourth-order valence-electron chi connectivity index (χ4n) is 1.63. The Labute approximate surface area is 103 Å². The van der Waals surface area contributed by atoms with E-state index in [0.29, 0.717) is 23.0 Å². The van der Waals surface area contributed by atoms with Gasteiger partial charge in [0.15, 0.2) is 0 Å². The SMILES string of the molecule is COc1ccc(N2CCC(=O)NC2=O)cc1Cl.